The fourth-order valence-electron chi connectivity index (χ4n) is 1.60. The number of carbonyl (C=O) groups excluding carboxylic acids is 2. The summed E-state index contributed by atoms with van der Waals surface area (Å²) in [6.45, 7) is 8.00. The molecule has 2 amide bonds. The number of carbonyl (C=O) groups is 2. The van der Waals surface area contributed by atoms with Gasteiger partial charge in [-0.1, -0.05) is 13.8 Å². The van der Waals surface area contributed by atoms with Crippen molar-refractivity contribution in [3.63, 3.8) is 0 Å². The van der Waals surface area contributed by atoms with E-state index in [0.29, 0.717) is 12.3 Å². The van der Waals surface area contributed by atoms with Gasteiger partial charge in [-0.05, 0) is 25.5 Å². The van der Waals surface area contributed by atoms with Gasteiger partial charge in [0.25, 0.3) is 0 Å². The second-order valence-electron chi connectivity index (χ2n) is 4.62. The Labute approximate surface area is 95.6 Å². The van der Waals surface area contributed by atoms with E-state index in [1.165, 1.54) is 4.90 Å². The predicted molar refractivity (Wildman–Crippen MR) is 62.7 cm³/mol. The van der Waals surface area contributed by atoms with Crippen LogP contribution in [-0.4, -0.2) is 33.8 Å². The van der Waals surface area contributed by atoms with E-state index in [4.69, 9.17) is 0 Å². The molecule has 0 aromatic carbocycles. The number of hydrogen-bond donors (Lipinski definition) is 0. The highest BCUT2D eigenvalue weighted by atomic mass is 32.2. The van der Waals surface area contributed by atoms with Crippen molar-refractivity contribution in [2.24, 2.45) is 5.92 Å². The number of hydrogen-bond acceptors (Lipinski definition) is 3. The van der Waals surface area contributed by atoms with E-state index in [0.717, 1.165) is 5.75 Å². The van der Waals surface area contributed by atoms with Crippen molar-refractivity contribution >= 4 is 23.6 Å². The van der Waals surface area contributed by atoms with Crippen LogP contribution >= 0.6 is 11.8 Å². The molecule has 0 aliphatic carbocycles. The number of amides is 2. The molecule has 0 aromatic heterocycles. The van der Waals surface area contributed by atoms with Crippen LogP contribution in [0.1, 0.15) is 34.1 Å². The molecule has 15 heavy (non-hydrogen) atoms. The van der Waals surface area contributed by atoms with E-state index >= 15 is 0 Å². The zero-order chi connectivity index (χ0) is 11.6. The SMILES string of the molecule is CC(C)CSC1CC(=O)N(C(C)C)C1=O. The maximum atomic E-state index is 11.9. The van der Waals surface area contributed by atoms with Gasteiger partial charge in [0.05, 0.1) is 5.25 Å². The molecule has 0 aromatic rings. The zero-order valence-electron chi connectivity index (χ0n) is 9.82. The first-order valence-corrected chi connectivity index (χ1v) is 6.45. The molecular weight excluding hydrogens is 210 g/mol. The van der Waals surface area contributed by atoms with Crippen LogP contribution in [0.3, 0.4) is 0 Å². The number of likely N-dealkylation sites (tertiary alicyclic amines) is 1. The molecule has 0 saturated carbocycles. The molecule has 1 unspecified atom stereocenters. The standard InChI is InChI=1S/C11H19NO2S/c1-7(2)6-15-9-5-10(13)12(8(3)4)11(9)14/h7-9H,5-6H2,1-4H3. The minimum Gasteiger partial charge on any atom is -0.279 e. The fraction of sp³-hybridized carbons (Fsp3) is 0.818. The molecule has 1 aliphatic heterocycles. The van der Waals surface area contributed by atoms with Gasteiger partial charge in [-0.15, -0.1) is 11.8 Å². The van der Waals surface area contributed by atoms with Crippen LogP contribution in [0.15, 0.2) is 0 Å². The molecule has 1 rings (SSSR count). The van der Waals surface area contributed by atoms with Gasteiger partial charge in [0.1, 0.15) is 0 Å². The highest BCUT2D eigenvalue weighted by molar-refractivity contribution is 8.00. The molecule has 1 aliphatic rings. The molecule has 4 heteroatoms. The molecule has 0 N–H and O–H groups in total. The summed E-state index contributed by atoms with van der Waals surface area (Å²) >= 11 is 1.61. The molecular formula is C11H19NO2S. The maximum absolute atomic E-state index is 11.9. The van der Waals surface area contributed by atoms with Crippen molar-refractivity contribution < 1.29 is 9.59 Å². The lowest BCUT2D eigenvalue weighted by Crippen LogP contribution is -2.37. The lowest BCUT2D eigenvalue weighted by atomic mass is 10.3. The maximum Gasteiger partial charge on any atom is 0.243 e. The third-order valence-corrected chi connectivity index (χ3v) is 3.92. The van der Waals surface area contributed by atoms with Gasteiger partial charge < -0.3 is 0 Å². The van der Waals surface area contributed by atoms with Gasteiger partial charge in [0, 0.05) is 12.5 Å². The minimum atomic E-state index is -0.137. The molecule has 86 valence electrons. The molecule has 1 fully saturated rings. The molecule has 0 radical (unpaired) electrons. The number of rotatable bonds is 4. The number of imide groups is 1. The van der Waals surface area contributed by atoms with E-state index in [9.17, 15) is 9.59 Å². The Morgan fingerprint density at radius 1 is 1.33 bits per heavy atom. The van der Waals surface area contributed by atoms with Gasteiger partial charge in [-0.3, -0.25) is 14.5 Å². The van der Waals surface area contributed by atoms with Crippen LogP contribution < -0.4 is 0 Å². The van der Waals surface area contributed by atoms with E-state index in [2.05, 4.69) is 13.8 Å². The molecule has 1 heterocycles. The average Bonchev–Trinajstić information content (AvgIpc) is 2.37. The lowest BCUT2D eigenvalue weighted by Gasteiger charge is -2.18. The van der Waals surface area contributed by atoms with Crippen molar-refractivity contribution in [2.75, 3.05) is 5.75 Å². The smallest absolute Gasteiger partial charge is 0.243 e. The summed E-state index contributed by atoms with van der Waals surface area (Å²) in [5.41, 5.74) is 0. The Kier molecular flexibility index (Phi) is 4.20. The second-order valence-corrected chi connectivity index (χ2v) is 5.85. The van der Waals surface area contributed by atoms with Gasteiger partial charge in [-0.25, -0.2) is 0 Å². The van der Waals surface area contributed by atoms with Crippen molar-refractivity contribution in [2.45, 2.75) is 45.4 Å². The molecule has 3 nitrogen and oxygen atoms in total. The van der Waals surface area contributed by atoms with Crippen molar-refractivity contribution in [1.29, 1.82) is 0 Å². The molecule has 1 saturated heterocycles. The third kappa shape index (κ3) is 2.97. The molecule has 0 bridgehead atoms. The summed E-state index contributed by atoms with van der Waals surface area (Å²) in [6.07, 6.45) is 0.383. The summed E-state index contributed by atoms with van der Waals surface area (Å²) in [5.74, 6) is 1.48. The van der Waals surface area contributed by atoms with E-state index in [1.54, 1.807) is 11.8 Å². The van der Waals surface area contributed by atoms with E-state index in [1.807, 2.05) is 13.8 Å². The number of thioether (sulfide) groups is 1. The quantitative estimate of drug-likeness (QED) is 0.691. The third-order valence-electron chi connectivity index (χ3n) is 2.29. The average molecular weight is 229 g/mol. The van der Waals surface area contributed by atoms with Gasteiger partial charge in [0.15, 0.2) is 0 Å². The lowest BCUT2D eigenvalue weighted by molar-refractivity contribution is -0.140. The first kappa shape index (κ1) is 12.6. The fourth-order valence-corrected chi connectivity index (χ4v) is 2.74. The van der Waals surface area contributed by atoms with Crippen LogP contribution in [0, 0.1) is 5.92 Å². The van der Waals surface area contributed by atoms with Crippen LogP contribution in [0.25, 0.3) is 0 Å². The largest absolute Gasteiger partial charge is 0.279 e. The minimum absolute atomic E-state index is 0.000602. The van der Waals surface area contributed by atoms with Crippen LogP contribution in [0.4, 0.5) is 0 Å². The zero-order valence-corrected chi connectivity index (χ0v) is 10.6. The Morgan fingerprint density at radius 2 is 1.93 bits per heavy atom. The van der Waals surface area contributed by atoms with Crippen LogP contribution in [0.2, 0.25) is 0 Å². The second kappa shape index (κ2) is 5.01. The van der Waals surface area contributed by atoms with E-state index in [-0.39, 0.29) is 23.1 Å². The number of nitrogens with zero attached hydrogens (tertiary/aromatic N) is 1. The predicted octanol–water partition coefficient (Wildman–Crippen LogP) is 1.91. The Balaban J connectivity index is 2.57. The van der Waals surface area contributed by atoms with E-state index < -0.39 is 0 Å². The first-order valence-electron chi connectivity index (χ1n) is 5.41. The normalized spacial score (nSPS) is 22.3. The Bertz CT molecular complexity index is 263. The molecule has 1 atom stereocenters. The summed E-state index contributed by atoms with van der Waals surface area (Å²) in [7, 11) is 0. The Hall–Kier alpha value is -0.510. The summed E-state index contributed by atoms with van der Waals surface area (Å²) in [6, 6.07) is -0.00495. The summed E-state index contributed by atoms with van der Waals surface area (Å²) in [5, 5.41) is -0.137. The highest BCUT2D eigenvalue weighted by Gasteiger charge is 2.39. The van der Waals surface area contributed by atoms with Crippen LogP contribution in [-0.2, 0) is 9.59 Å². The van der Waals surface area contributed by atoms with Crippen molar-refractivity contribution in [3.8, 4) is 0 Å². The monoisotopic (exact) mass is 229 g/mol. The highest BCUT2D eigenvalue weighted by Crippen LogP contribution is 2.27. The topological polar surface area (TPSA) is 37.4 Å². The summed E-state index contributed by atoms with van der Waals surface area (Å²) in [4.78, 5) is 24.8. The Morgan fingerprint density at radius 3 is 2.33 bits per heavy atom. The van der Waals surface area contributed by atoms with Crippen LogP contribution in [0.5, 0.6) is 0 Å². The summed E-state index contributed by atoms with van der Waals surface area (Å²) < 4.78 is 0. The van der Waals surface area contributed by atoms with Gasteiger partial charge in [-0.2, -0.15) is 0 Å². The van der Waals surface area contributed by atoms with Gasteiger partial charge in [0.2, 0.25) is 11.8 Å². The van der Waals surface area contributed by atoms with Crippen molar-refractivity contribution in [3.05, 3.63) is 0 Å². The van der Waals surface area contributed by atoms with Gasteiger partial charge >= 0.3 is 0 Å². The molecule has 0 spiro atoms. The first-order chi connectivity index (χ1) is 6.93. The van der Waals surface area contributed by atoms with Crippen molar-refractivity contribution in [1.82, 2.24) is 4.90 Å².